The number of fused-ring (bicyclic) bond motifs is 14. The first-order chi connectivity index (χ1) is 42.6. The minimum absolute atomic E-state index is 0.0722. The highest BCUT2D eigenvalue weighted by Gasteiger charge is 2.42. The number of nitrogens with two attached hydrogens (primary N) is 1. The number of carbonyl (C=O) groups is 7. The molecule has 0 spiro atoms. The second kappa shape index (κ2) is 23.7. The van der Waals surface area contributed by atoms with Gasteiger partial charge in [0.25, 0.3) is 0 Å². The lowest BCUT2D eigenvalue weighted by Crippen LogP contribution is -2.55. The van der Waals surface area contributed by atoms with E-state index in [0.717, 1.165) is 91.0 Å². The number of carboxylic acids is 1. The Morgan fingerprint density at radius 2 is 1.11 bits per heavy atom. The zero-order chi connectivity index (χ0) is 64.5. The van der Waals surface area contributed by atoms with Crippen molar-refractivity contribution in [2.75, 3.05) is 0 Å². The molecule has 0 saturated heterocycles. The molecule has 0 fully saturated rings. The number of aliphatic hydroxyl groups is 1. The van der Waals surface area contributed by atoms with Crippen LogP contribution in [0.25, 0.3) is 11.1 Å². The van der Waals surface area contributed by atoms with Gasteiger partial charge in [-0.15, -0.1) is 0 Å². The number of carbonyl (C=O) groups excluding carboxylic acids is 6. The lowest BCUT2D eigenvalue weighted by Gasteiger charge is -2.31. The van der Waals surface area contributed by atoms with Crippen LogP contribution >= 0.6 is 34.8 Å². The number of phenolic OH excluding ortho intramolecular Hbond substituents is 5. The number of hydrogen-bond donors (Lipinski definition) is 15. The van der Waals surface area contributed by atoms with Gasteiger partial charge in [0, 0.05) is 35.2 Å². The summed E-state index contributed by atoms with van der Waals surface area (Å²) < 4.78 is 56.8. The first-order valence-electron chi connectivity index (χ1n) is 26.3. The maximum absolute atomic E-state index is 15.8. The molecule has 16 N–H and O–H groups in total. The summed E-state index contributed by atoms with van der Waals surface area (Å²) in [6.07, 6.45) is -2.62. The maximum Gasteiger partial charge on any atom is 0.446 e. The van der Waals surface area contributed by atoms with Crippen molar-refractivity contribution in [1.29, 1.82) is 0 Å². The summed E-state index contributed by atoms with van der Waals surface area (Å²) in [7, 11) is -5.27. The van der Waals surface area contributed by atoms with E-state index in [-0.39, 0.29) is 43.8 Å². The fourth-order valence-corrected chi connectivity index (χ4v) is 11.5. The second-order valence-corrected chi connectivity index (χ2v) is 23.0. The van der Waals surface area contributed by atoms with Gasteiger partial charge in [0.1, 0.15) is 82.6 Å². The van der Waals surface area contributed by atoms with Crippen LogP contribution in [0.2, 0.25) is 15.1 Å². The van der Waals surface area contributed by atoms with Crippen LogP contribution in [0.3, 0.4) is 0 Å². The highest BCUT2D eigenvalue weighted by molar-refractivity contribution is 7.81. The van der Waals surface area contributed by atoms with Crippen LogP contribution in [0, 0.1) is 0 Å². The molecule has 0 aliphatic carbocycles. The van der Waals surface area contributed by atoms with Gasteiger partial charge in [0.2, 0.25) is 41.2 Å². The van der Waals surface area contributed by atoms with Crippen molar-refractivity contribution >= 4 is 86.6 Å². The van der Waals surface area contributed by atoms with Crippen LogP contribution in [0.1, 0.15) is 75.3 Å². The molecule has 7 aromatic carbocycles. The number of aromatic hydroxyl groups is 5. The van der Waals surface area contributed by atoms with Gasteiger partial charge in [-0.25, -0.2) is 4.79 Å². The van der Waals surface area contributed by atoms with E-state index in [1.807, 2.05) is 0 Å². The molecule has 8 atom stereocenters. The number of carboxylic acid groups (broad SMARTS) is 1. The summed E-state index contributed by atoms with van der Waals surface area (Å²) in [5.74, 6) is -17.0. The van der Waals surface area contributed by atoms with E-state index in [9.17, 15) is 67.9 Å². The van der Waals surface area contributed by atoms with Gasteiger partial charge in [-0.2, -0.15) is 8.42 Å². The third-order valence-electron chi connectivity index (χ3n) is 14.7. The topological polar surface area (TPSA) is 451 Å². The van der Waals surface area contributed by atoms with Crippen LogP contribution in [0.15, 0.2) is 109 Å². The highest BCUT2D eigenvalue weighted by Crippen LogP contribution is 2.49. The van der Waals surface area contributed by atoms with Gasteiger partial charge in [0.05, 0.1) is 15.1 Å². The molecule has 6 heterocycles. The largest absolute Gasteiger partial charge is 0.508 e. The van der Waals surface area contributed by atoms with Crippen molar-refractivity contribution < 1.29 is 101 Å². The average Bonchev–Trinajstić information content (AvgIpc) is 0.775. The van der Waals surface area contributed by atoms with E-state index in [1.165, 1.54) is 18.2 Å². The smallest absolute Gasteiger partial charge is 0.446 e. The molecule has 6 aliphatic heterocycles. The zero-order valence-electron chi connectivity index (χ0n) is 45.2. The van der Waals surface area contributed by atoms with Gasteiger partial charge >= 0.3 is 16.4 Å². The van der Waals surface area contributed by atoms with Crippen molar-refractivity contribution in [3.63, 3.8) is 0 Å². The molecule has 0 saturated carbocycles. The molecule has 0 aromatic heterocycles. The number of rotatable bonds is 3. The van der Waals surface area contributed by atoms with Crippen LogP contribution < -0.4 is 56.0 Å². The fourth-order valence-electron chi connectivity index (χ4n) is 10.4. The number of phenols is 5. The van der Waals surface area contributed by atoms with E-state index in [0.29, 0.717) is 0 Å². The Labute approximate surface area is 520 Å². The van der Waals surface area contributed by atoms with Crippen molar-refractivity contribution in [2.24, 2.45) is 5.73 Å². The van der Waals surface area contributed by atoms with Gasteiger partial charge in [0.15, 0.2) is 29.0 Å². The maximum atomic E-state index is 15.8. The van der Waals surface area contributed by atoms with E-state index in [1.54, 1.807) is 0 Å². The lowest BCUT2D eigenvalue weighted by molar-refractivity contribution is -0.143. The molecule has 6 aliphatic rings. The van der Waals surface area contributed by atoms with Crippen LogP contribution in [0.4, 0.5) is 0 Å². The lowest BCUT2D eigenvalue weighted by atomic mass is 9.89. The van der Waals surface area contributed by atoms with Crippen molar-refractivity contribution in [1.82, 2.24) is 31.9 Å². The summed E-state index contributed by atoms with van der Waals surface area (Å²) in [5.41, 5.74) is 3.40. The Kier molecular flexibility index (Phi) is 16.2. The molecule has 17 bridgehead atoms. The molecular formula is C58H44Cl3N7O21S. The number of nitrogens with one attached hydrogen (secondary N) is 6. The number of hydrogen-bond acceptors (Lipinski definition) is 20. The normalized spacial score (nSPS) is 21.6. The molecule has 13 rings (SSSR count). The predicted octanol–water partition coefficient (Wildman–Crippen LogP) is 5.11. The quantitative estimate of drug-likeness (QED) is 0.102. The van der Waals surface area contributed by atoms with Crippen LogP contribution in [0.5, 0.6) is 69.0 Å². The number of aliphatic carboxylic acids is 1. The Morgan fingerprint density at radius 3 is 1.74 bits per heavy atom. The number of ether oxygens (including phenoxy) is 3. The third-order valence-corrected chi connectivity index (χ3v) is 16.0. The fraction of sp³-hybridized carbons (Fsp3) is 0.155. The molecule has 90 heavy (non-hydrogen) atoms. The first kappa shape index (κ1) is 61.4. The Bertz CT molecular complexity index is 4390. The van der Waals surface area contributed by atoms with Gasteiger partial charge in [-0.1, -0.05) is 53.0 Å². The summed E-state index contributed by atoms with van der Waals surface area (Å²) >= 11 is 20.3. The standard InChI is InChI=1S/C58H44Cl3N7O21S/c59-31-7-20-1-4-36(31)87-40-15-25-16-41(51(40)74)88-37-5-3-22(12-32(37)60)49(72)48-57(80)67-47(58(81)82)29-18-27(70)19-35(71)42(29)30-11-24(13-33(61)50(30)73)45(56(79)68-48)65-55(78)46(25)66-54(77)44-23-9-26(69)17-28(10-23)86-39-14-21(2-6-38(39)89-90(83,84)85)43(62)53(76)63-34(8-20)52(75)64-44/h1-7,9-19,34,43-49,69-74H,8,62H2,(H,63,76)(H,64,75)(H,65,78)(H,66,77)(H,67,80)(H,68,79)(H,81,82)(H,83,84,85)/t34-,43+,44+,45-,46-,47+,48+,49-/m1/s1. The molecule has 32 heteroatoms. The molecule has 7 aromatic rings. The number of aliphatic hydroxyl groups excluding tert-OH is 1. The van der Waals surface area contributed by atoms with E-state index < -0.39 is 197 Å². The Balaban J connectivity index is 1.15. The second-order valence-electron chi connectivity index (χ2n) is 20.7. The molecular weight excluding hydrogens is 1270 g/mol. The monoisotopic (exact) mass is 1310 g/mol. The van der Waals surface area contributed by atoms with Gasteiger partial charge in [-0.3, -0.25) is 33.3 Å². The SMILES string of the molecule is N[C@@H]1C(=O)N[C@@H]2Cc3ccc(c(Cl)c3)Oc3cc4cc(c3O)Oc3ccc(cc3Cl)[C@@H](O)[C@@H]3NC(=O)[C@H](NC(=O)[C@@H]4NC(=O)[C@@H](NC2=O)c2cc(O)cc(c2)Oc2cc1ccc2OS(=O)(=O)O)c1cc(Cl)c(O)c(c1)-c1c(O)cc(O)cc1[C@@H](C(=O)O)NC3=O. The van der Waals surface area contributed by atoms with Crippen molar-refractivity contribution in [2.45, 2.75) is 54.8 Å². The zero-order valence-corrected chi connectivity index (χ0v) is 48.3. The molecule has 0 radical (unpaired) electrons. The van der Waals surface area contributed by atoms with E-state index in [2.05, 4.69) is 31.9 Å². The van der Waals surface area contributed by atoms with Gasteiger partial charge in [-0.05, 0) is 112 Å². The number of amides is 6. The van der Waals surface area contributed by atoms with Crippen LogP contribution in [-0.2, 0) is 50.4 Å². The Hall–Kier alpha value is -10.3. The van der Waals surface area contributed by atoms with Gasteiger partial charge < -0.3 is 91.8 Å². The number of halogens is 3. The molecule has 464 valence electrons. The summed E-state index contributed by atoms with van der Waals surface area (Å²) in [6.45, 7) is 0. The average molecular weight is 1310 g/mol. The van der Waals surface area contributed by atoms with Crippen molar-refractivity contribution in [3.8, 4) is 80.1 Å². The molecule has 6 amide bonds. The number of benzene rings is 7. The first-order valence-corrected chi connectivity index (χ1v) is 28.8. The predicted molar refractivity (Wildman–Crippen MR) is 310 cm³/mol. The van der Waals surface area contributed by atoms with E-state index in [4.69, 9.17) is 58.9 Å². The molecule has 28 nitrogen and oxygen atoms in total. The summed E-state index contributed by atoms with van der Waals surface area (Å²) in [6, 6.07) is 4.56. The minimum atomic E-state index is -5.27. The van der Waals surface area contributed by atoms with E-state index >= 15 is 14.4 Å². The van der Waals surface area contributed by atoms with Crippen molar-refractivity contribution in [3.05, 3.63) is 163 Å². The summed E-state index contributed by atoms with van der Waals surface area (Å²) in [5, 5.41) is 93.3. The minimum Gasteiger partial charge on any atom is -0.508 e. The summed E-state index contributed by atoms with van der Waals surface area (Å²) in [4.78, 5) is 104. The molecule has 0 unspecified atom stereocenters. The van der Waals surface area contributed by atoms with Crippen LogP contribution in [-0.4, -0.2) is 102 Å². The highest BCUT2D eigenvalue weighted by atomic mass is 35.5. The Morgan fingerprint density at radius 1 is 0.544 bits per heavy atom. The third kappa shape index (κ3) is 12.2.